The zero-order chi connectivity index (χ0) is 7.94. The van der Waals surface area contributed by atoms with Gasteiger partial charge >= 0.3 is 5.97 Å². The van der Waals surface area contributed by atoms with Gasteiger partial charge in [-0.15, -0.1) is 0 Å². The maximum atomic E-state index is 10.9. The van der Waals surface area contributed by atoms with E-state index in [1.54, 1.807) is 0 Å². The minimum absolute atomic E-state index is 0.0602. The standard InChI is InChI=1S/C7H13NO2/c1-4-7(2,3)5(8)6(9)10-4/h4-5H,8H2,1-3H3/t4-,5-/m0/s1. The van der Waals surface area contributed by atoms with Crippen LogP contribution in [0.3, 0.4) is 0 Å². The predicted molar refractivity (Wildman–Crippen MR) is 37.3 cm³/mol. The van der Waals surface area contributed by atoms with Crippen molar-refractivity contribution in [1.82, 2.24) is 0 Å². The lowest BCUT2D eigenvalue weighted by Crippen LogP contribution is -2.40. The summed E-state index contributed by atoms with van der Waals surface area (Å²) in [6.45, 7) is 5.74. The summed E-state index contributed by atoms with van der Waals surface area (Å²) in [5.41, 5.74) is 5.36. The van der Waals surface area contributed by atoms with Crippen LogP contribution >= 0.6 is 0 Å². The number of hydrogen-bond acceptors (Lipinski definition) is 3. The molecule has 1 fully saturated rings. The number of hydrogen-bond donors (Lipinski definition) is 1. The molecule has 3 nitrogen and oxygen atoms in total. The zero-order valence-electron chi connectivity index (χ0n) is 6.55. The summed E-state index contributed by atoms with van der Waals surface area (Å²) in [5, 5.41) is 0. The molecule has 1 aliphatic rings. The largest absolute Gasteiger partial charge is 0.461 e. The molecule has 0 aromatic carbocycles. The highest BCUT2D eigenvalue weighted by molar-refractivity contribution is 5.79. The lowest BCUT2D eigenvalue weighted by Gasteiger charge is -2.22. The smallest absolute Gasteiger partial charge is 0.323 e. The summed E-state index contributed by atoms with van der Waals surface area (Å²) in [4.78, 5) is 10.9. The Morgan fingerprint density at radius 3 is 2.20 bits per heavy atom. The van der Waals surface area contributed by atoms with Crippen molar-refractivity contribution in [1.29, 1.82) is 0 Å². The van der Waals surface area contributed by atoms with Gasteiger partial charge in [-0.25, -0.2) is 0 Å². The first-order chi connectivity index (χ1) is 4.46. The number of carbonyl (C=O) groups is 1. The summed E-state index contributed by atoms with van der Waals surface area (Å²) in [5.74, 6) is -0.280. The maximum Gasteiger partial charge on any atom is 0.323 e. The van der Waals surface area contributed by atoms with Crippen LogP contribution < -0.4 is 5.73 Å². The van der Waals surface area contributed by atoms with Crippen molar-refractivity contribution in [2.24, 2.45) is 11.1 Å². The molecular formula is C7H13NO2. The summed E-state index contributed by atoms with van der Waals surface area (Å²) in [6, 6.07) is -0.456. The third kappa shape index (κ3) is 0.814. The van der Waals surface area contributed by atoms with Crippen molar-refractivity contribution in [3.63, 3.8) is 0 Å². The van der Waals surface area contributed by atoms with Gasteiger partial charge in [0, 0.05) is 5.41 Å². The molecule has 2 N–H and O–H groups in total. The number of ether oxygens (including phenoxy) is 1. The average Bonchev–Trinajstić information content (AvgIpc) is 1.97. The summed E-state index contributed by atoms with van der Waals surface area (Å²) in [7, 11) is 0. The Morgan fingerprint density at radius 1 is 1.60 bits per heavy atom. The molecule has 0 aliphatic carbocycles. The van der Waals surface area contributed by atoms with E-state index in [-0.39, 0.29) is 17.5 Å². The lowest BCUT2D eigenvalue weighted by molar-refractivity contribution is -0.141. The van der Waals surface area contributed by atoms with Crippen LogP contribution in [0.15, 0.2) is 0 Å². The third-order valence-electron chi connectivity index (χ3n) is 2.40. The number of esters is 1. The second kappa shape index (κ2) is 1.95. The molecule has 0 aromatic rings. The van der Waals surface area contributed by atoms with Gasteiger partial charge in [0.15, 0.2) is 0 Å². The molecule has 0 aromatic heterocycles. The fourth-order valence-corrected chi connectivity index (χ4v) is 0.956. The Morgan fingerprint density at radius 2 is 2.10 bits per heavy atom. The number of carbonyl (C=O) groups excluding carboxylic acids is 1. The van der Waals surface area contributed by atoms with Crippen LogP contribution in [0.2, 0.25) is 0 Å². The SMILES string of the molecule is C[C@@H]1OC(=O)[C@H](N)C1(C)C. The van der Waals surface area contributed by atoms with Crippen molar-refractivity contribution in [3.8, 4) is 0 Å². The van der Waals surface area contributed by atoms with Gasteiger partial charge in [0.25, 0.3) is 0 Å². The number of nitrogens with two attached hydrogens (primary N) is 1. The molecule has 3 heteroatoms. The van der Waals surface area contributed by atoms with Gasteiger partial charge in [0.1, 0.15) is 12.1 Å². The molecule has 0 radical (unpaired) electrons. The molecule has 1 heterocycles. The molecule has 58 valence electrons. The lowest BCUT2D eigenvalue weighted by atomic mass is 9.83. The minimum Gasteiger partial charge on any atom is -0.461 e. The second-order valence-electron chi connectivity index (χ2n) is 3.38. The molecule has 1 aliphatic heterocycles. The van der Waals surface area contributed by atoms with Crippen LogP contribution in [-0.4, -0.2) is 18.1 Å². The van der Waals surface area contributed by atoms with Crippen molar-refractivity contribution in [2.45, 2.75) is 32.9 Å². The van der Waals surface area contributed by atoms with Crippen LogP contribution in [0.1, 0.15) is 20.8 Å². The predicted octanol–water partition coefficient (Wildman–Crippen LogP) is 0.285. The van der Waals surface area contributed by atoms with Gasteiger partial charge in [0.2, 0.25) is 0 Å². The average molecular weight is 143 g/mol. The number of rotatable bonds is 0. The molecule has 1 saturated heterocycles. The van der Waals surface area contributed by atoms with E-state index in [1.807, 2.05) is 20.8 Å². The van der Waals surface area contributed by atoms with Crippen LogP contribution in [-0.2, 0) is 9.53 Å². The summed E-state index contributed by atoms with van der Waals surface area (Å²) >= 11 is 0. The Kier molecular flexibility index (Phi) is 1.47. The first-order valence-corrected chi connectivity index (χ1v) is 3.42. The minimum atomic E-state index is -0.456. The Bertz CT molecular complexity index is 165. The second-order valence-corrected chi connectivity index (χ2v) is 3.38. The van der Waals surface area contributed by atoms with E-state index in [0.717, 1.165) is 0 Å². The number of cyclic esters (lactones) is 1. The van der Waals surface area contributed by atoms with Crippen LogP contribution in [0, 0.1) is 5.41 Å². The van der Waals surface area contributed by atoms with Gasteiger partial charge < -0.3 is 10.5 Å². The van der Waals surface area contributed by atoms with Crippen LogP contribution in [0.25, 0.3) is 0 Å². The van der Waals surface area contributed by atoms with Gasteiger partial charge in [-0.1, -0.05) is 13.8 Å². The first-order valence-electron chi connectivity index (χ1n) is 3.42. The van der Waals surface area contributed by atoms with E-state index >= 15 is 0 Å². The molecule has 0 unspecified atom stereocenters. The summed E-state index contributed by atoms with van der Waals surface area (Å²) < 4.78 is 4.92. The van der Waals surface area contributed by atoms with Gasteiger partial charge in [-0.05, 0) is 6.92 Å². The Balaban J connectivity index is 2.85. The zero-order valence-corrected chi connectivity index (χ0v) is 6.55. The molecule has 0 saturated carbocycles. The fourth-order valence-electron chi connectivity index (χ4n) is 0.956. The summed E-state index contributed by atoms with van der Waals surface area (Å²) in [6.07, 6.45) is -0.0602. The van der Waals surface area contributed by atoms with E-state index in [9.17, 15) is 4.79 Å². The highest BCUT2D eigenvalue weighted by atomic mass is 16.6. The van der Waals surface area contributed by atoms with E-state index in [2.05, 4.69) is 0 Å². The highest BCUT2D eigenvalue weighted by Crippen LogP contribution is 2.33. The molecule has 0 bridgehead atoms. The van der Waals surface area contributed by atoms with Crippen molar-refractivity contribution < 1.29 is 9.53 Å². The fraction of sp³-hybridized carbons (Fsp3) is 0.857. The molecule has 1 rings (SSSR count). The monoisotopic (exact) mass is 143 g/mol. The quantitative estimate of drug-likeness (QED) is 0.496. The molecule has 0 spiro atoms. The Labute approximate surface area is 60.5 Å². The van der Waals surface area contributed by atoms with E-state index in [1.165, 1.54) is 0 Å². The van der Waals surface area contributed by atoms with E-state index < -0.39 is 6.04 Å². The molecule has 0 amide bonds. The maximum absolute atomic E-state index is 10.9. The van der Waals surface area contributed by atoms with Crippen molar-refractivity contribution >= 4 is 5.97 Å². The van der Waals surface area contributed by atoms with Gasteiger partial charge in [-0.2, -0.15) is 0 Å². The van der Waals surface area contributed by atoms with E-state index in [4.69, 9.17) is 10.5 Å². The normalized spacial score (nSPS) is 37.8. The molecule has 2 atom stereocenters. The third-order valence-corrected chi connectivity index (χ3v) is 2.40. The highest BCUT2D eigenvalue weighted by Gasteiger charge is 2.46. The molecular weight excluding hydrogens is 130 g/mol. The van der Waals surface area contributed by atoms with Gasteiger partial charge in [0.05, 0.1) is 0 Å². The van der Waals surface area contributed by atoms with E-state index in [0.29, 0.717) is 0 Å². The molecule has 10 heavy (non-hydrogen) atoms. The topological polar surface area (TPSA) is 52.3 Å². The Hall–Kier alpha value is -0.570. The van der Waals surface area contributed by atoms with Crippen molar-refractivity contribution in [3.05, 3.63) is 0 Å². The first kappa shape index (κ1) is 7.54. The van der Waals surface area contributed by atoms with Crippen LogP contribution in [0.5, 0.6) is 0 Å². The van der Waals surface area contributed by atoms with Crippen LogP contribution in [0.4, 0.5) is 0 Å². The van der Waals surface area contributed by atoms with Gasteiger partial charge in [-0.3, -0.25) is 4.79 Å². The van der Waals surface area contributed by atoms with Crippen molar-refractivity contribution in [2.75, 3.05) is 0 Å².